The second-order valence-corrected chi connectivity index (χ2v) is 5.65. The van der Waals surface area contributed by atoms with Crippen LogP contribution in [0.15, 0.2) is 48.5 Å². The number of esters is 1. The van der Waals surface area contributed by atoms with Crippen molar-refractivity contribution in [1.82, 2.24) is 0 Å². The van der Waals surface area contributed by atoms with E-state index in [0.717, 1.165) is 12.0 Å². The highest BCUT2D eigenvalue weighted by Crippen LogP contribution is 2.28. The Morgan fingerprint density at radius 1 is 1.04 bits per heavy atom. The van der Waals surface area contributed by atoms with Crippen molar-refractivity contribution in [2.75, 3.05) is 26.1 Å². The molecule has 0 heterocycles. The monoisotopic (exact) mass is 369 g/mol. The van der Waals surface area contributed by atoms with Crippen LogP contribution in [0.25, 0.3) is 6.08 Å². The van der Waals surface area contributed by atoms with Crippen LogP contribution in [0, 0.1) is 0 Å². The molecule has 2 aromatic carbocycles. The number of nitrogens with one attached hydrogen (secondary N) is 1. The number of ether oxygens (including phenoxy) is 3. The average Bonchev–Trinajstić information content (AvgIpc) is 2.70. The molecule has 1 amide bonds. The van der Waals surface area contributed by atoms with Crippen molar-refractivity contribution in [3.05, 3.63) is 59.7 Å². The molecule has 0 saturated carbocycles. The number of hydrogen-bond acceptors (Lipinski definition) is 5. The zero-order valence-corrected chi connectivity index (χ0v) is 15.7. The molecule has 0 aliphatic rings. The Morgan fingerprint density at radius 2 is 1.81 bits per heavy atom. The fourth-order valence-corrected chi connectivity index (χ4v) is 2.31. The first-order chi connectivity index (χ1) is 13.1. The van der Waals surface area contributed by atoms with Crippen molar-refractivity contribution < 1.29 is 23.8 Å². The van der Waals surface area contributed by atoms with Gasteiger partial charge in [0.1, 0.15) is 0 Å². The molecular weight excluding hydrogens is 346 g/mol. The Balaban J connectivity index is 2.03. The van der Waals surface area contributed by atoms with Gasteiger partial charge in [0, 0.05) is 11.8 Å². The summed E-state index contributed by atoms with van der Waals surface area (Å²) in [5.74, 6) is 0.474. The molecule has 1 N–H and O–H groups in total. The number of amides is 1. The summed E-state index contributed by atoms with van der Waals surface area (Å²) >= 11 is 0. The van der Waals surface area contributed by atoms with Crippen molar-refractivity contribution in [3.63, 3.8) is 0 Å². The summed E-state index contributed by atoms with van der Waals surface area (Å²) in [5.41, 5.74) is 1.70. The Hall–Kier alpha value is -3.28. The molecule has 0 radical (unpaired) electrons. The lowest BCUT2D eigenvalue weighted by molar-refractivity contribution is -0.111. The van der Waals surface area contributed by atoms with E-state index in [2.05, 4.69) is 5.32 Å². The Labute approximate surface area is 158 Å². The number of anilines is 1. The van der Waals surface area contributed by atoms with Crippen LogP contribution in [-0.4, -0.2) is 32.7 Å². The van der Waals surface area contributed by atoms with E-state index in [4.69, 9.17) is 14.2 Å². The van der Waals surface area contributed by atoms with Gasteiger partial charge in [0.2, 0.25) is 5.91 Å². The van der Waals surface area contributed by atoms with Crippen molar-refractivity contribution in [3.8, 4) is 11.5 Å². The van der Waals surface area contributed by atoms with E-state index in [-0.39, 0.29) is 5.91 Å². The molecule has 27 heavy (non-hydrogen) atoms. The van der Waals surface area contributed by atoms with Gasteiger partial charge in [0.05, 0.1) is 26.4 Å². The highest BCUT2D eigenvalue weighted by molar-refractivity contribution is 6.02. The SMILES string of the molecule is CCCOC(=O)c1cccc(NC(=O)C=Cc2ccc(OC)c(OC)c2)c1. The molecule has 6 heteroatoms. The van der Waals surface area contributed by atoms with Gasteiger partial charge in [0.15, 0.2) is 11.5 Å². The van der Waals surface area contributed by atoms with Crippen molar-refractivity contribution in [2.45, 2.75) is 13.3 Å². The standard InChI is InChI=1S/C21H23NO5/c1-4-12-27-21(24)16-6-5-7-17(14-16)22-20(23)11-9-15-8-10-18(25-2)19(13-15)26-3/h5-11,13-14H,4,12H2,1-3H3,(H,22,23). The van der Waals surface area contributed by atoms with Gasteiger partial charge in [-0.2, -0.15) is 0 Å². The topological polar surface area (TPSA) is 73.9 Å². The van der Waals surface area contributed by atoms with Gasteiger partial charge in [-0.1, -0.05) is 19.1 Å². The third-order valence-electron chi connectivity index (χ3n) is 3.64. The maximum Gasteiger partial charge on any atom is 0.338 e. The molecule has 2 rings (SSSR count). The highest BCUT2D eigenvalue weighted by Gasteiger charge is 2.08. The summed E-state index contributed by atoms with van der Waals surface area (Å²) in [6.45, 7) is 2.29. The Bertz CT molecular complexity index is 829. The van der Waals surface area contributed by atoms with Gasteiger partial charge >= 0.3 is 5.97 Å². The molecule has 2 aromatic rings. The molecular formula is C21H23NO5. The minimum Gasteiger partial charge on any atom is -0.493 e. The highest BCUT2D eigenvalue weighted by atomic mass is 16.5. The van der Waals surface area contributed by atoms with Gasteiger partial charge in [-0.05, 0) is 48.4 Å². The summed E-state index contributed by atoms with van der Waals surface area (Å²) < 4.78 is 15.5. The van der Waals surface area contributed by atoms with Crippen LogP contribution in [0.3, 0.4) is 0 Å². The molecule has 0 spiro atoms. The van der Waals surface area contributed by atoms with Crippen LogP contribution in [0.5, 0.6) is 11.5 Å². The van der Waals surface area contributed by atoms with Crippen LogP contribution in [0.4, 0.5) is 5.69 Å². The van der Waals surface area contributed by atoms with E-state index in [1.807, 2.05) is 13.0 Å². The first-order valence-electron chi connectivity index (χ1n) is 8.55. The molecule has 0 fully saturated rings. The number of carbonyl (C=O) groups is 2. The van der Waals surface area contributed by atoms with E-state index in [0.29, 0.717) is 29.4 Å². The summed E-state index contributed by atoms with van der Waals surface area (Å²) in [6.07, 6.45) is 3.82. The molecule has 142 valence electrons. The second-order valence-electron chi connectivity index (χ2n) is 5.65. The van der Waals surface area contributed by atoms with E-state index in [1.165, 1.54) is 6.08 Å². The van der Waals surface area contributed by atoms with E-state index >= 15 is 0 Å². The van der Waals surface area contributed by atoms with Gasteiger partial charge in [-0.25, -0.2) is 4.79 Å². The number of methoxy groups -OCH3 is 2. The van der Waals surface area contributed by atoms with E-state index in [1.54, 1.807) is 56.7 Å². The Kier molecular flexibility index (Phi) is 7.43. The minimum atomic E-state index is -0.409. The van der Waals surface area contributed by atoms with Crippen LogP contribution in [0.1, 0.15) is 29.3 Å². The number of hydrogen-bond donors (Lipinski definition) is 1. The summed E-state index contributed by atoms with van der Waals surface area (Å²) in [5, 5.41) is 2.73. The average molecular weight is 369 g/mol. The third kappa shape index (κ3) is 5.88. The number of benzene rings is 2. The van der Waals surface area contributed by atoms with Crippen molar-refractivity contribution >= 4 is 23.6 Å². The largest absolute Gasteiger partial charge is 0.493 e. The van der Waals surface area contributed by atoms with E-state index < -0.39 is 5.97 Å². The third-order valence-corrected chi connectivity index (χ3v) is 3.64. The summed E-state index contributed by atoms with van der Waals surface area (Å²) in [4.78, 5) is 24.0. The zero-order chi connectivity index (χ0) is 19.6. The molecule has 0 unspecified atom stereocenters. The van der Waals surface area contributed by atoms with Crippen LogP contribution in [0.2, 0.25) is 0 Å². The molecule has 0 aliphatic heterocycles. The quantitative estimate of drug-likeness (QED) is 0.564. The summed E-state index contributed by atoms with van der Waals surface area (Å²) in [6, 6.07) is 12.0. The summed E-state index contributed by atoms with van der Waals surface area (Å²) in [7, 11) is 3.11. The molecule has 0 aliphatic carbocycles. The molecule has 6 nitrogen and oxygen atoms in total. The van der Waals surface area contributed by atoms with Crippen LogP contribution in [-0.2, 0) is 9.53 Å². The zero-order valence-electron chi connectivity index (χ0n) is 15.7. The van der Waals surface area contributed by atoms with Gasteiger partial charge < -0.3 is 19.5 Å². The lowest BCUT2D eigenvalue weighted by atomic mass is 10.2. The lowest BCUT2D eigenvalue weighted by Crippen LogP contribution is -2.10. The van der Waals surface area contributed by atoms with Gasteiger partial charge in [-0.15, -0.1) is 0 Å². The molecule has 0 bridgehead atoms. The van der Waals surface area contributed by atoms with Crippen molar-refractivity contribution in [2.24, 2.45) is 0 Å². The number of rotatable bonds is 8. The van der Waals surface area contributed by atoms with E-state index in [9.17, 15) is 9.59 Å². The first-order valence-corrected chi connectivity index (χ1v) is 8.55. The predicted molar refractivity (Wildman–Crippen MR) is 104 cm³/mol. The van der Waals surface area contributed by atoms with Crippen LogP contribution < -0.4 is 14.8 Å². The first kappa shape index (κ1) is 20.0. The molecule has 0 saturated heterocycles. The predicted octanol–water partition coefficient (Wildman–Crippen LogP) is 3.92. The lowest BCUT2D eigenvalue weighted by Gasteiger charge is -2.08. The number of carbonyl (C=O) groups excluding carboxylic acids is 2. The Morgan fingerprint density at radius 3 is 2.52 bits per heavy atom. The van der Waals surface area contributed by atoms with Gasteiger partial charge in [-0.3, -0.25) is 4.79 Å². The van der Waals surface area contributed by atoms with Crippen LogP contribution >= 0.6 is 0 Å². The maximum atomic E-state index is 12.1. The smallest absolute Gasteiger partial charge is 0.338 e. The fraction of sp³-hybridized carbons (Fsp3) is 0.238. The van der Waals surface area contributed by atoms with Crippen molar-refractivity contribution in [1.29, 1.82) is 0 Å². The molecule has 0 atom stereocenters. The minimum absolute atomic E-state index is 0.316. The fourth-order valence-electron chi connectivity index (χ4n) is 2.31. The second kappa shape index (κ2) is 10.0. The van der Waals surface area contributed by atoms with Gasteiger partial charge in [0.25, 0.3) is 0 Å². The maximum absolute atomic E-state index is 12.1. The molecule has 0 aromatic heterocycles. The normalized spacial score (nSPS) is 10.5.